The molecule has 1 fully saturated rings. The molecule has 9 heteroatoms. The lowest BCUT2D eigenvalue weighted by Crippen LogP contribution is -2.50. The number of rotatable bonds is 4. The molecule has 1 aliphatic rings. The van der Waals surface area contributed by atoms with Crippen LogP contribution in [-0.2, 0) is 0 Å². The quantitative estimate of drug-likeness (QED) is 0.463. The molecule has 0 unspecified atom stereocenters. The molecule has 5 rings (SSSR count). The third-order valence-corrected chi connectivity index (χ3v) is 5.82. The molecule has 0 atom stereocenters. The minimum absolute atomic E-state index is 0.129. The summed E-state index contributed by atoms with van der Waals surface area (Å²) in [4.78, 5) is 26.1. The number of fused-ring (bicyclic) bond motifs is 1. The van der Waals surface area contributed by atoms with Gasteiger partial charge >= 0.3 is 6.03 Å². The summed E-state index contributed by atoms with van der Waals surface area (Å²) < 4.78 is 10.7. The number of ether oxygens (including phenoxy) is 1. The fraction of sp³-hybridized carbons (Fsp3) is 0.208. The van der Waals surface area contributed by atoms with E-state index in [9.17, 15) is 4.79 Å². The Balaban J connectivity index is 1.34. The molecule has 33 heavy (non-hydrogen) atoms. The van der Waals surface area contributed by atoms with Crippen molar-refractivity contribution in [3.63, 3.8) is 0 Å². The minimum Gasteiger partial charge on any atom is -0.497 e. The predicted octanol–water partition coefficient (Wildman–Crippen LogP) is 4.91. The number of carbonyl (C=O) groups excluding carboxylic acids is 1. The van der Waals surface area contributed by atoms with Gasteiger partial charge in [0.05, 0.1) is 18.9 Å². The fourth-order valence-corrected chi connectivity index (χ4v) is 4.01. The standard InChI is InChI=1S/C24H22ClN5O3/c1-32-18-7-5-17(6-8-18)26-24(31)30-12-10-29(11-13-30)23-19-9-4-16(25)15-20(19)27-22(28-23)21-3-2-14-33-21/h2-9,14-15H,10-13H2,1H3,(H,26,31). The van der Waals surface area contributed by atoms with Gasteiger partial charge in [-0.05, 0) is 54.6 Å². The van der Waals surface area contributed by atoms with Gasteiger partial charge in [-0.3, -0.25) is 0 Å². The smallest absolute Gasteiger partial charge is 0.321 e. The van der Waals surface area contributed by atoms with Crippen LogP contribution in [0.15, 0.2) is 65.3 Å². The average Bonchev–Trinajstić information content (AvgIpc) is 3.39. The van der Waals surface area contributed by atoms with Gasteiger partial charge < -0.3 is 24.3 Å². The molecule has 168 valence electrons. The van der Waals surface area contributed by atoms with Gasteiger partial charge in [-0.15, -0.1) is 0 Å². The summed E-state index contributed by atoms with van der Waals surface area (Å²) in [7, 11) is 1.61. The van der Waals surface area contributed by atoms with Crippen LogP contribution in [0.1, 0.15) is 0 Å². The maximum atomic E-state index is 12.7. The lowest BCUT2D eigenvalue weighted by atomic mass is 10.2. The number of hydrogen-bond donors (Lipinski definition) is 1. The normalized spacial score (nSPS) is 13.9. The topological polar surface area (TPSA) is 83.7 Å². The molecular weight excluding hydrogens is 442 g/mol. The van der Waals surface area contributed by atoms with Gasteiger partial charge in [0.1, 0.15) is 11.6 Å². The highest BCUT2D eigenvalue weighted by Gasteiger charge is 2.24. The Kier molecular flexibility index (Phi) is 5.75. The summed E-state index contributed by atoms with van der Waals surface area (Å²) in [6.07, 6.45) is 1.60. The summed E-state index contributed by atoms with van der Waals surface area (Å²) in [5.74, 6) is 2.65. The van der Waals surface area contributed by atoms with Crippen LogP contribution in [0.2, 0.25) is 5.02 Å². The Morgan fingerprint density at radius 2 is 1.85 bits per heavy atom. The number of nitrogens with zero attached hydrogens (tertiary/aromatic N) is 4. The van der Waals surface area contributed by atoms with Crippen LogP contribution in [0.25, 0.3) is 22.5 Å². The molecule has 8 nitrogen and oxygen atoms in total. The zero-order valence-corrected chi connectivity index (χ0v) is 18.7. The second-order valence-electron chi connectivity index (χ2n) is 7.64. The van der Waals surface area contributed by atoms with Crippen molar-refractivity contribution in [1.82, 2.24) is 14.9 Å². The van der Waals surface area contributed by atoms with Crippen LogP contribution in [0.4, 0.5) is 16.3 Å². The Bertz CT molecular complexity index is 1270. The van der Waals surface area contributed by atoms with Gasteiger partial charge in [0.15, 0.2) is 11.6 Å². The maximum absolute atomic E-state index is 12.7. The van der Waals surface area contributed by atoms with E-state index in [-0.39, 0.29) is 6.03 Å². The first kappa shape index (κ1) is 21.1. The summed E-state index contributed by atoms with van der Waals surface area (Å²) in [6, 6.07) is 16.4. The number of furan rings is 1. The number of amides is 2. The first-order valence-electron chi connectivity index (χ1n) is 10.6. The molecule has 1 aliphatic heterocycles. The number of nitrogens with one attached hydrogen (secondary N) is 1. The molecule has 0 aliphatic carbocycles. The van der Waals surface area contributed by atoms with Crippen LogP contribution in [-0.4, -0.2) is 54.2 Å². The number of aromatic nitrogens is 2. The third-order valence-electron chi connectivity index (χ3n) is 5.59. The molecule has 1 saturated heterocycles. The molecular formula is C24H22ClN5O3. The van der Waals surface area contributed by atoms with E-state index in [2.05, 4.69) is 15.2 Å². The van der Waals surface area contributed by atoms with Gasteiger partial charge in [-0.1, -0.05) is 11.6 Å². The van der Waals surface area contributed by atoms with Gasteiger partial charge in [0.25, 0.3) is 0 Å². The number of halogens is 1. The van der Waals surface area contributed by atoms with Crippen LogP contribution >= 0.6 is 11.6 Å². The molecule has 3 heterocycles. The highest BCUT2D eigenvalue weighted by atomic mass is 35.5. The van der Waals surface area contributed by atoms with Crippen molar-refractivity contribution < 1.29 is 13.9 Å². The molecule has 0 spiro atoms. The van der Waals surface area contributed by atoms with E-state index in [1.807, 2.05) is 48.5 Å². The Labute approximate surface area is 195 Å². The van der Waals surface area contributed by atoms with Crippen LogP contribution in [0.3, 0.4) is 0 Å². The molecule has 2 aromatic carbocycles. The Hall–Kier alpha value is -3.78. The van der Waals surface area contributed by atoms with Gasteiger partial charge in [0, 0.05) is 42.3 Å². The van der Waals surface area contributed by atoms with Crippen molar-refractivity contribution in [3.8, 4) is 17.3 Å². The van der Waals surface area contributed by atoms with Crippen molar-refractivity contribution in [1.29, 1.82) is 0 Å². The highest BCUT2D eigenvalue weighted by Crippen LogP contribution is 2.30. The van der Waals surface area contributed by atoms with E-state index < -0.39 is 0 Å². The van der Waals surface area contributed by atoms with Crippen LogP contribution < -0.4 is 15.0 Å². The number of anilines is 2. The van der Waals surface area contributed by atoms with Gasteiger partial charge in [0.2, 0.25) is 0 Å². The van der Waals surface area contributed by atoms with E-state index in [1.165, 1.54) is 0 Å². The van der Waals surface area contributed by atoms with E-state index >= 15 is 0 Å². The fourth-order valence-electron chi connectivity index (χ4n) is 3.84. The van der Waals surface area contributed by atoms with E-state index in [4.69, 9.17) is 25.7 Å². The summed E-state index contributed by atoms with van der Waals surface area (Å²) in [5, 5.41) is 4.46. The molecule has 0 bridgehead atoms. The maximum Gasteiger partial charge on any atom is 0.321 e. The SMILES string of the molecule is COc1ccc(NC(=O)N2CCN(c3nc(-c4ccco4)nc4cc(Cl)ccc34)CC2)cc1. The summed E-state index contributed by atoms with van der Waals surface area (Å²) in [5.41, 5.74) is 1.48. The van der Waals surface area contributed by atoms with Crippen molar-refractivity contribution >= 4 is 40.0 Å². The molecule has 0 saturated carbocycles. The molecule has 1 N–H and O–H groups in total. The second kappa shape index (κ2) is 8.99. The van der Waals surface area contributed by atoms with E-state index in [0.29, 0.717) is 42.8 Å². The largest absolute Gasteiger partial charge is 0.497 e. The van der Waals surface area contributed by atoms with E-state index in [1.54, 1.807) is 24.3 Å². The monoisotopic (exact) mass is 463 g/mol. The number of piperazine rings is 1. The van der Waals surface area contributed by atoms with Crippen LogP contribution in [0, 0.1) is 0 Å². The lowest BCUT2D eigenvalue weighted by molar-refractivity contribution is 0.208. The first-order valence-corrected chi connectivity index (χ1v) is 10.9. The number of urea groups is 1. The number of benzene rings is 2. The van der Waals surface area contributed by atoms with Gasteiger partial charge in [-0.2, -0.15) is 0 Å². The van der Waals surface area contributed by atoms with Crippen molar-refractivity contribution in [3.05, 3.63) is 65.9 Å². The predicted molar refractivity (Wildman–Crippen MR) is 128 cm³/mol. The summed E-state index contributed by atoms with van der Waals surface area (Å²) >= 11 is 6.22. The van der Waals surface area contributed by atoms with Gasteiger partial charge in [-0.25, -0.2) is 14.8 Å². The number of carbonyl (C=O) groups is 1. The first-order chi connectivity index (χ1) is 16.1. The molecule has 4 aromatic rings. The van der Waals surface area contributed by atoms with Crippen molar-refractivity contribution in [2.45, 2.75) is 0 Å². The minimum atomic E-state index is -0.129. The average molecular weight is 464 g/mol. The second-order valence-corrected chi connectivity index (χ2v) is 8.08. The molecule has 2 amide bonds. The summed E-state index contributed by atoms with van der Waals surface area (Å²) in [6.45, 7) is 2.42. The lowest BCUT2D eigenvalue weighted by Gasteiger charge is -2.35. The van der Waals surface area contributed by atoms with Crippen LogP contribution in [0.5, 0.6) is 5.75 Å². The zero-order chi connectivity index (χ0) is 22.8. The highest BCUT2D eigenvalue weighted by molar-refractivity contribution is 6.31. The Morgan fingerprint density at radius 3 is 2.55 bits per heavy atom. The van der Waals surface area contributed by atoms with E-state index in [0.717, 1.165) is 28.2 Å². The van der Waals surface area contributed by atoms with Crippen molar-refractivity contribution in [2.75, 3.05) is 43.5 Å². The molecule has 2 aromatic heterocycles. The van der Waals surface area contributed by atoms with Crippen molar-refractivity contribution in [2.24, 2.45) is 0 Å². The molecule has 0 radical (unpaired) electrons. The Morgan fingerprint density at radius 1 is 1.06 bits per heavy atom. The zero-order valence-electron chi connectivity index (χ0n) is 18.0. The number of methoxy groups -OCH3 is 1. The number of hydrogen-bond acceptors (Lipinski definition) is 6. The third kappa shape index (κ3) is 4.42.